The van der Waals surface area contributed by atoms with Gasteiger partial charge < -0.3 is 21.3 Å². The van der Waals surface area contributed by atoms with Crippen molar-refractivity contribution in [3.8, 4) is 0 Å². The Hall–Kier alpha value is -2.66. The molecule has 0 saturated heterocycles. The van der Waals surface area contributed by atoms with E-state index in [9.17, 15) is 18.3 Å². The largest absolute Gasteiger partial charge is 0.443 e. The van der Waals surface area contributed by atoms with E-state index < -0.39 is 33.1 Å². The van der Waals surface area contributed by atoms with Crippen molar-refractivity contribution in [3.05, 3.63) is 60.2 Å². The minimum absolute atomic E-state index is 0.0840. The smallest absolute Gasteiger partial charge is 0.404 e. The van der Waals surface area contributed by atoms with Gasteiger partial charge in [0.15, 0.2) is 4.93 Å². The van der Waals surface area contributed by atoms with E-state index in [0.717, 1.165) is 5.56 Å². The van der Waals surface area contributed by atoms with Gasteiger partial charge in [-0.1, -0.05) is 36.4 Å². The molecule has 0 heterocycles. The molecule has 0 spiro atoms. The van der Waals surface area contributed by atoms with E-state index in [1.807, 2.05) is 30.3 Å². The second-order valence-corrected chi connectivity index (χ2v) is 10.1. The van der Waals surface area contributed by atoms with Crippen molar-refractivity contribution >= 4 is 21.6 Å². The van der Waals surface area contributed by atoms with Gasteiger partial charge in [-0.15, -0.1) is 0 Å². The molecule has 3 rings (SSSR count). The van der Waals surface area contributed by atoms with Crippen LogP contribution in [-0.2, 0) is 25.8 Å². The number of primary amides is 1. The fourth-order valence-electron chi connectivity index (χ4n) is 3.88. The van der Waals surface area contributed by atoms with Crippen molar-refractivity contribution in [2.75, 3.05) is 12.3 Å². The van der Waals surface area contributed by atoms with Crippen LogP contribution in [0.25, 0.3) is 0 Å². The van der Waals surface area contributed by atoms with Gasteiger partial charge in [0.2, 0.25) is 9.84 Å². The van der Waals surface area contributed by atoms with Crippen molar-refractivity contribution < 1.29 is 27.9 Å². The number of ether oxygens (including phenoxy) is 1. The highest BCUT2D eigenvalue weighted by atomic mass is 32.2. The SMILES string of the molecule is NC(=O)OC(Cc1ccccc1)C(O)CNOC1(S(=O)(=O)c2cccc(N)c2)CCCC1. The first-order chi connectivity index (χ1) is 15.2. The molecule has 32 heavy (non-hydrogen) atoms. The van der Waals surface area contributed by atoms with Gasteiger partial charge in [0, 0.05) is 12.1 Å². The van der Waals surface area contributed by atoms with E-state index in [0.29, 0.717) is 31.4 Å². The standard InChI is InChI=1S/C22H29N3O6S/c23-17-9-6-10-18(14-17)32(28,29)22(11-4-5-12-22)31-25-15-19(26)20(30-21(24)27)13-16-7-2-1-3-8-16/h1-3,6-10,14,19-20,25-26H,4-5,11-13,15,23H2,(H2,24,27). The molecule has 9 nitrogen and oxygen atoms in total. The van der Waals surface area contributed by atoms with Gasteiger partial charge in [0.1, 0.15) is 12.2 Å². The molecule has 2 aromatic rings. The molecule has 6 N–H and O–H groups in total. The monoisotopic (exact) mass is 463 g/mol. The Morgan fingerprint density at radius 3 is 2.44 bits per heavy atom. The van der Waals surface area contributed by atoms with Crippen molar-refractivity contribution in [2.24, 2.45) is 5.73 Å². The summed E-state index contributed by atoms with van der Waals surface area (Å²) in [6.07, 6.45) is -0.911. The fraction of sp³-hybridized carbons (Fsp3) is 0.409. The highest BCUT2D eigenvalue weighted by molar-refractivity contribution is 7.92. The van der Waals surface area contributed by atoms with Gasteiger partial charge in [0.25, 0.3) is 0 Å². The van der Waals surface area contributed by atoms with E-state index in [1.54, 1.807) is 12.1 Å². The van der Waals surface area contributed by atoms with Crippen LogP contribution >= 0.6 is 0 Å². The lowest BCUT2D eigenvalue weighted by atomic mass is 10.0. The van der Waals surface area contributed by atoms with Crippen LogP contribution < -0.4 is 16.9 Å². The van der Waals surface area contributed by atoms with E-state index in [4.69, 9.17) is 21.0 Å². The topological polar surface area (TPSA) is 154 Å². The quantitative estimate of drug-likeness (QED) is 0.308. The lowest BCUT2D eigenvalue weighted by Crippen LogP contribution is -2.47. The predicted octanol–water partition coefficient (Wildman–Crippen LogP) is 1.90. The number of carbonyl (C=O) groups excluding carboxylic acids is 1. The van der Waals surface area contributed by atoms with Gasteiger partial charge in [-0.3, -0.25) is 4.84 Å². The number of benzene rings is 2. The van der Waals surface area contributed by atoms with E-state index in [1.165, 1.54) is 12.1 Å². The number of hydroxylamine groups is 1. The fourth-order valence-corrected chi connectivity index (χ4v) is 5.85. The minimum Gasteiger partial charge on any atom is -0.443 e. The van der Waals surface area contributed by atoms with Gasteiger partial charge in [-0.05, 0) is 49.4 Å². The molecule has 0 radical (unpaired) electrons. The number of aliphatic hydroxyl groups excluding tert-OH is 1. The van der Waals surface area contributed by atoms with Crippen LogP contribution in [0, 0.1) is 0 Å². The summed E-state index contributed by atoms with van der Waals surface area (Å²) in [5.74, 6) is 0. The van der Waals surface area contributed by atoms with Crippen molar-refractivity contribution in [1.29, 1.82) is 0 Å². The molecule has 0 bridgehead atoms. The number of sulfone groups is 1. The van der Waals surface area contributed by atoms with E-state index in [2.05, 4.69) is 5.48 Å². The summed E-state index contributed by atoms with van der Waals surface area (Å²) in [6, 6.07) is 15.3. The number of aliphatic hydroxyl groups is 1. The molecule has 174 valence electrons. The van der Waals surface area contributed by atoms with E-state index in [-0.39, 0.29) is 17.9 Å². The van der Waals surface area contributed by atoms with Gasteiger partial charge in [-0.25, -0.2) is 13.2 Å². The molecular weight excluding hydrogens is 434 g/mol. The normalized spacial score (nSPS) is 17.5. The Bertz CT molecular complexity index is 1010. The van der Waals surface area contributed by atoms with Crippen molar-refractivity contribution in [2.45, 2.75) is 54.1 Å². The highest BCUT2D eigenvalue weighted by Crippen LogP contribution is 2.41. The number of anilines is 1. The van der Waals surface area contributed by atoms with Gasteiger partial charge in [0.05, 0.1) is 11.4 Å². The molecule has 1 aliphatic rings. The van der Waals surface area contributed by atoms with Gasteiger partial charge >= 0.3 is 6.09 Å². The third-order valence-corrected chi connectivity index (χ3v) is 7.90. The number of nitrogens with one attached hydrogen (secondary N) is 1. The second kappa shape index (κ2) is 10.3. The first-order valence-electron chi connectivity index (χ1n) is 10.4. The van der Waals surface area contributed by atoms with Crippen LogP contribution in [0.15, 0.2) is 59.5 Å². The highest BCUT2D eigenvalue weighted by Gasteiger charge is 2.49. The molecule has 1 amide bonds. The van der Waals surface area contributed by atoms with Crippen LogP contribution in [-0.4, -0.2) is 43.3 Å². The molecule has 1 fully saturated rings. The molecular formula is C22H29N3O6S. The third kappa shape index (κ3) is 5.57. The Kier molecular flexibility index (Phi) is 7.73. The number of nitrogens with two attached hydrogens (primary N) is 2. The number of hydrogen-bond acceptors (Lipinski definition) is 8. The molecule has 10 heteroatoms. The number of carbonyl (C=O) groups is 1. The maximum atomic E-state index is 13.3. The average Bonchev–Trinajstić information content (AvgIpc) is 3.24. The lowest BCUT2D eigenvalue weighted by Gasteiger charge is -2.30. The first kappa shape index (κ1) is 24.0. The molecule has 0 aliphatic heterocycles. The maximum absolute atomic E-state index is 13.3. The Morgan fingerprint density at radius 1 is 1.12 bits per heavy atom. The maximum Gasteiger partial charge on any atom is 0.404 e. The molecule has 0 aromatic heterocycles. The zero-order valence-electron chi connectivity index (χ0n) is 17.6. The number of amides is 1. The zero-order chi connectivity index (χ0) is 23.2. The van der Waals surface area contributed by atoms with Gasteiger partial charge in [-0.2, -0.15) is 5.48 Å². The second-order valence-electron chi connectivity index (χ2n) is 7.88. The van der Waals surface area contributed by atoms with Crippen LogP contribution in [0.4, 0.5) is 10.5 Å². The summed E-state index contributed by atoms with van der Waals surface area (Å²) in [5, 5.41) is 10.6. The Labute approximate surface area is 187 Å². The summed E-state index contributed by atoms with van der Waals surface area (Å²) in [4.78, 5) is 15.6. The molecule has 2 atom stereocenters. The molecule has 1 saturated carbocycles. The predicted molar refractivity (Wildman–Crippen MR) is 119 cm³/mol. The summed E-state index contributed by atoms with van der Waals surface area (Å²) in [6.45, 7) is -0.168. The third-order valence-electron chi connectivity index (χ3n) is 5.55. The van der Waals surface area contributed by atoms with Crippen molar-refractivity contribution in [1.82, 2.24) is 5.48 Å². The first-order valence-corrected chi connectivity index (χ1v) is 11.9. The number of rotatable bonds is 10. The average molecular weight is 464 g/mol. The van der Waals surface area contributed by atoms with E-state index >= 15 is 0 Å². The number of nitrogen functional groups attached to an aromatic ring is 1. The zero-order valence-corrected chi connectivity index (χ0v) is 18.5. The molecule has 1 aliphatic carbocycles. The summed E-state index contributed by atoms with van der Waals surface area (Å²) in [5.41, 5.74) is 14.7. The van der Waals surface area contributed by atoms with Crippen LogP contribution in [0.2, 0.25) is 0 Å². The Morgan fingerprint density at radius 2 is 1.81 bits per heavy atom. The summed E-state index contributed by atoms with van der Waals surface area (Å²) < 4.78 is 31.7. The van der Waals surface area contributed by atoms with Crippen molar-refractivity contribution in [3.63, 3.8) is 0 Å². The molecule has 2 unspecified atom stereocenters. The summed E-state index contributed by atoms with van der Waals surface area (Å²) >= 11 is 0. The molecule has 2 aromatic carbocycles. The van der Waals surface area contributed by atoms with Crippen LogP contribution in [0.5, 0.6) is 0 Å². The minimum atomic E-state index is -3.86. The van der Waals surface area contributed by atoms with Crippen LogP contribution in [0.3, 0.4) is 0 Å². The van der Waals surface area contributed by atoms with Crippen LogP contribution in [0.1, 0.15) is 31.2 Å². The number of hydrogen-bond donors (Lipinski definition) is 4. The lowest BCUT2D eigenvalue weighted by molar-refractivity contribution is -0.0782. The Balaban J connectivity index is 1.69. The summed E-state index contributed by atoms with van der Waals surface area (Å²) in [7, 11) is -3.86.